The van der Waals surface area contributed by atoms with Crippen LogP contribution in [0.3, 0.4) is 0 Å². The molecule has 1 amide bonds. The third-order valence-electron chi connectivity index (χ3n) is 5.61. The Hall–Kier alpha value is -4.01. The predicted octanol–water partition coefficient (Wildman–Crippen LogP) is 2.62. The van der Waals surface area contributed by atoms with Crippen LogP contribution in [0.25, 0.3) is 11.0 Å². The molecule has 4 aromatic rings. The van der Waals surface area contributed by atoms with Crippen LogP contribution < -0.4 is 10.2 Å². The summed E-state index contributed by atoms with van der Waals surface area (Å²) in [6, 6.07) is 15.6. The van der Waals surface area contributed by atoms with Crippen molar-refractivity contribution in [2.24, 2.45) is 0 Å². The number of hydrogen-bond donors (Lipinski definition) is 1. The van der Waals surface area contributed by atoms with Crippen molar-refractivity contribution in [1.29, 1.82) is 0 Å². The van der Waals surface area contributed by atoms with E-state index in [1.54, 1.807) is 12.5 Å². The Morgan fingerprint density at radius 3 is 2.50 bits per heavy atom. The van der Waals surface area contributed by atoms with Gasteiger partial charge in [-0.3, -0.25) is 4.79 Å². The maximum atomic E-state index is 12.8. The highest BCUT2D eigenvalue weighted by Crippen LogP contribution is 2.17. The van der Waals surface area contributed by atoms with Gasteiger partial charge in [-0.15, -0.1) is 10.2 Å². The summed E-state index contributed by atoms with van der Waals surface area (Å²) in [6.07, 6.45) is 3.54. The van der Waals surface area contributed by atoms with Gasteiger partial charge in [0.15, 0.2) is 11.6 Å². The van der Waals surface area contributed by atoms with Crippen LogP contribution in [0.1, 0.15) is 5.56 Å². The third kappa shape index (κ3) is 4.22. The van der Waals surface area contributed by atoms with Gasteiger partial charge in [-0.1, -0.05) is 18.2 Å². The van der Waals surface area contributed by atoms with Crippen molar-refractivity contribution in [2.45, 2.75) is 13.5 Å². The lowest BCUT2D eigenvalue weighted by atomic mass is 10.3. The molecular formula is C23H24N8O. The topological polar surface area (TPSA) is 92.1 Å². The number of piperazine rings is 1. The number of nitrogens with one attached hydrogen (secondary N) is 1. The molecule has 0 atom stereocenters. The molecule has 1 fully saturated rings. The van der Waals surface area contributed by atoms with Crippen molar-refractivity contribution < 1.29 is 4.79 Å². The molecule has 9 nitrogen and oxygen atoms in total. The quantitative estimate of drug-likeness (QED) is 0.522. The van der Waals surface area contributed by atoms with Crippen molar-refractivity contribution in [1.82, 2.24) is 29.6 Å². The fourth-order valence-corrected chi connectivity index (χ4v) is 3.80. The standard InChI is InChI=1S/C23H24N8O/c1-17-6-7-20(24-14-17)26-21-8-9-22(28-27-21)29-10-12-30(13-11-29)23(32)15-31-16-25-18-4-2-3-5-19(18)31/h2-9,14,16H,10-13,15H2,1H3,(H,24,26,27). The van der Waals surface area contributed by atoms with Gasteiger partial charge in [0, 0.05) is 32.4 Å². The molecule has 1 aliphatic heterocycles. The lowest BCUT2D eigenvalue weighted by Gasteiger charge is -2.35. The van der Waals surface area contributed by atoms with Gasteiger partial charge < -0.3 is 19.7 Å². The minimum absolute atomic E-state index is 0.101. The van der Waals surface area contributed by atoms with Gasteiger partial charge in [-0.25, -0.2) is 9.97 Å². The number of rotatable bonds is 5. The van der Waals surface area contributed by atoms with Crippen molar-refractivity contribution in [3.8, 4) is 0 Å². The van der Waals surface area contributed by atoms with E-state index in [1.165, 1.54) is 0 Å². The van der Waals surface area contributed by atoms with Crippen LogP contribution in [-0.4, -0.2) is 61.7 Å². The van der Waals surface area contributed by atoms with E-state index < -0.39 is 0 Å². The average molecular weight is 429 g/mol. The second-order valence-electron chi connectivity index (χ2n) is 7.85. The number of anilines is 3. The summed E-state index contributed by atoms with van der Waals surface area (Å²) < 4.78 is 1.91. The van der Waals surface area contributed by atoms with Gasteiger partial charge in [-0.05, 0) is 42.8 Å². The van der Waals surface area contributed by atoms with Crippen molar-refractivity contribution in [2.75, 3.05) is 36.4 Å². The normalized spacial score (nSPS) is 14.0. The highest BCUT2D eigenvalue weighted by molar-refractivity contribution is 5.80. The lowest BCUT2D eigenvalue weighted by molar-refractivity contribution is -0.132. The van der Waals surface area contributed by atoms with E-state index in [4.69, 9.17) is 0 Å². The van der Waals surface area contributed by atoms with Gasteiger partial charge >= 0.3 is 0 Å². The van der Waals surface area contributed by atoms with Crippen LogP contribution in [0.5, 0.6) is 0 Å². The molecule has 0 unspecified atom stereocenters. The maximum Gasteiger partial charge on any atom is 0.242 e. The summed E-state index contributed by atoms with van der Waals surface area (Å²) in [5.41, 5.74) is 2.98. The molecule has 1 aromatic carbocycles. The van der Waals surface area contributed by atoms with Crippen LogP contribution in [0, 0.1) is 6.92 Å². The smallest absolute Gasteiger partial charge is 0.242 e. The predicted molar refractivity (Wildman–Crippen MR) is 123 cm³/mol. The molecule has 5 rings (SSSR count). The Labute approximate surface area is 185 Å². The van der Waals surface area contributed by atoms with Crippen LogP contribution in [-0.2, 0) is 11.3 Å². The molecule has 0 spiro atoms. The highest BCUT2D eigenvalue weighted by atomic mass is 16.2. The number of aromatic nitrogens is 5. The van der Waals surface area contributed by atoms with Gasteiger partial charge in [0.25, 0.3) is 0 Å². The molecule has 162 valence electrons. The van der Waals surface area contributed by atoms with Crippen LogP contribution in [0.2, 0.25) is 0 Å². The lowest BCUT2D eigenvalue weighted by Crippen LogP contribution is -2.49. The number of nitrogens with zero attached hydrogens (tertiary/aromatic N) is 7. The summed E-state index contributed by atoms with van der Waals surface area (Å²) in [5, 5.41) is 11.8. The zero-order valence-corrected chi connectivity index (χ0v) is 17.8. The Kier molecular flexibility index (Phi) is 5.37. The summed E-state index contributed by atoms with van der Waals surface area (Å²) in [6.45, 7) is 5.04. The van der Waals surface area contributed by atoms with E-state index in [0.717, 1.165) is 41.3 Å². The van der Waals surface area contributed by atoms with E-state index in [-0.39, 0.29) is 5.91 Å². The van der Waals surface area contributed by atoms with E-state index in [1.807, 2.05) is 64.9 Å². The number of fused-ring (bicyclic) bond motifs is 1. The Balaban J connectivity index is 1.16. The van der Waals surface area contributed by atoms with E-state index in [0.29, 0.717) is 25.5 Å². The molecule has 3 aromatic heterocycles. The van der Waals surface area contributed by atoms with E-state index >= 15 is 0 Å². The zero-order chi connectivity index (χ0) is 21.9. The number of para-hydroxylation sites is 2. The molecule has 1 saturated heterocycles. The first-order chi connectivity index (χ1) is 15.7. The molecule has 0 bridgehead atoms. The number of benzene rings is 1. The molecular weight excluding hydrogens is 404 g/mol. The first kappa shape index (κ1) is 19.9. The van der Waals surface area contributed by atoms with Crippen molar-refractivity contribution in [3.63, 3.8) is 0 Å². The van der Waals surface area contributed by atoms with E-state index in [9.17, 15) is 4.79 Å². The van der Waals surface area contributed by atoms with Gasteiger partial charge in [0.2, 0.25) is 5.91 Å². The Morgan fingerprint density at radius 2 is 1.75 bits per heavy atom. The van der Waals surface area contributed by atoms with Crippen molar-refractivity contribution in [3.05, 3.63) is 66.6 Å². The van der Waals surface area contributed by atoms with Gasteiger partial charge in [0.05, 0.1) is 17.4 Å². The summed E-state index contributed by atoms with van der Waals surface area (Å²) in [7, 11) is 0. The van der Waals surface area contributed by atoms with Gasteiger partial charge in [-0.2, -0.15) is 0 Å². The minimum Gasteiger partial charge on any atom is -0.352 e. The number of hydrogen-bond acceptors (Lipinski definition) is 7. The molecule has 32 heavy (non-hydrogen) atoms. The second-order valence-corrected chi connectivity index (χ2v) is 7.85. The Morgan fingerprint density at radius 1 is 0.938 bits per heavy atom. The molecule has 1 N–H and O–H groups in total. The molecule has 9 heteroatoms. The molecule has 1 aliphatic rings. The number of pyridine rings is 1. The molecule has 4 heterocycles. The average Bonchev–Trinajstić information content (AvgIpc) is 3.24. The van der Waals surface area contributed by atoms with Crippen LogP contribution >= 0.6 is 0 Å². The second kappa shape index (κ2) is 8.62. The SMILES string of the molecule is Cc1ccc(Nc2ccc(N3CCN(C(=O)Cn4cnc5ccccc54)CC3)nn2)nc1. The summed E-state index contributed by atoms with van der Waals surface area (Å²) in [5.74, 6) is 2.28. The van der Waals surface area contributed by atoms with Crippen LogP contribution in [0.4, 0.5) is 17.5 Å². The monoisotopic (exact) mass is 428 g/mol. The first-order valence-corrected chi connectivity index (χ1v) is 10.6. The first-order valence-electron chi connectivity index (χ1n) is 10.6. The Bertz CT molecular complexity index is 1210. The van der Waals surface area contributed by atoms with E-state index in [2.05, 4.69) is 30.4 Å². The molecule has 0 aliphatic carbocycles. The number of carbonyl (C=O) groups excluding carboxylic acids is 1. The number of imidazole rings is 1. The van der Waals surface area contributed by atoms with Crippen LogP contribution in [0.15, 0.2) is 61.1 Å². The summed E-state index contributed by atoms with van der Waals surface area (Å²) >= 11 is 0. The largest absolute Gasteiger partial charge is 0.352 e. The zero-order valence-electron chi connectivity index (χ0n) is 17.8. The summed E-state index contributed by atoms with van der Waals surface area (Å²) in [4.78, 5) is 25.5. The molecule has 0 radical (unpaired) electrons. The highest BCUT2D eigenvalue weighted by Gasteiger charge is 2.22. The maximum absolute atomic E-state index is 12.8. The van der Waals surface area contributed by atoms with Gasteiger partial charge in [0.1, 0.15) is 12.4 Å². The fourth-order valence-electron chi connectivity index (χ4n) is 3.80. The molecule has 0 saturated carbocycles. The minimum atomic E-state index is 0.101. The fraction of sp³-hybridized carbons (Fsp3) is 0.261. The number of carbonyl (C=O) groups is 1. The van der Waals surface area contributed by atoms with Crippen molar-refractivity contribution >= 4 is 34.4 Å². The number of amides is 1. The number of aryl methyl sites for hydroxylation is 1. The third-order valence-corrected chi connectivity index (χ3v) is 5.61.